The van der Waals surface area contributed by atoms with Crippen molar-refractivity contribution in [2.75, 3.05) is 0 Å². The Bertz CT molecular complexity index is 891. The molecule has 126 valence electrons. The van der Waals surface area contributed by atoms with E-state index in [4.69, 9.17) is 0 Å². The van der Waals surface area contributed by atoms with Gasteiger partial charge in [-0.2, -0.15) is 0 Å². The number of aryl methyl sites for hydroxylation is 2. The van der Waals surface area contributed by atoms with Gasteiger partial charge >= 0.3 is 0 Å². The summed E-state index contributed by atoms with van der Waals surface area (Å²) in [7, 11) is 0. The lowest BCUT2D eigenvalue weighted by atomic mass is 9.92. The Kier molecular flexibility index (Phi) is 4.72. The zero-order valence-corrected chi connectivity index (χ0v) is 14.8. The van der Waals surface area contributed by atoms with E-state index >= 15 is 0 Å². The van der Waals surface area contributed by atoms with Crippen LogP contribution in [0.5, 0.6) is 0 Å². The quantitative estimate of drug-likeness (QED) is 0.859. The Morgan fingerprint density at radius 3 is 2.56 bits per heavy atom. The van der Waals surface area contributed by atoms with Crippen molar-refractivity contribution in [3.05, 3.63) is 70.2 Å². The number of aliphatic hydroxyl groups excluding tert-OH is 1. The summed E-state index contributed by atoms with van der Waals surface area (Å²) in [5.41, 5.74) is 5.05. The van der Waals surface area contributed by atoms with E-state index in [2.05, 4.69) is 16.8 Å². The van der Waals surface area contributed by atoms with E-state index in [9.17, 15) is 9.90 Å². The molecule has 3 heteroatoms. The maximum absolute atomic E-state index is 12.6. The van der Waals surface area contributed by atoms with E-state index in [0.717, 1.165) is 27.9 Å². The van der Waals surface area contributed by atoms with Crippen LogP contribution in [0, 0.1) is 31.6 Å². The number of Topliss-reactive ketones (excluding diaryl/α,β-unsaturated/α-hetero) is 1. The number of aliphatic hydroxyl groups is 1. The topological polar surface area (TPSA) is 50.2 Å². The van der Waals surface area contributed by atoms with Crippen LogP contribution in [-0.4, -0.2) is 15.9 Å². The van der Waals surface area contributed by atoms with Crippen molar-refractivity contribution >= 4 is 11.4 Å². The molecule has 1 unspecified atom stereocenters. The van der Waals surface area contributed by atoms with Crippen molar-refractivity contribution < 1.29 is 9.90 Å². The van der Waals surface area contributed by atoms with E-state index in [-0.39, 0.29) is 17.5 Å². The highest BCUT2D eigenvalue weighted by Crippen LogP contribution is 2.38. The molecule has 1 aliphatic rings. The molecule has 1 N–H and O–H groups in total. The molecule has 25 heavy (non-hydrogen) atoms. The number of pyridine rings is 1. The lowest BCUT2D eigenvalue weighted by molar-refractivity contribution is -0.113. The van der Waals surface area contributed by atoms with Gasteiger partial charge in [0, 0.05) is 29.8 Å². The van der Waals surface area contributed by atoms with Gasteiger partial charge in [0.25, 0.3) is 0 Å². The first-order valence-electron chi connectivity index (χ1n) is 8.42. The van der Waals surface area contributed by atoms with Crippen molar-refractivity contribution in [3.8, 4) is 11.8 Å². The van der Waals surface area contributed by atoms with E-state index in [0.29, 0.717) is 18.4 Å². The third-order valence-corrected chi connectivity index (χ3v) is 4.59. The first-order valence-corrected chi connectivity index (χ1v) is 8.42. The Morgan fingerprint density at radius 2 is 1.96 bits per heavy atom. The molecular weight excluding hydrogens is 310 g/mol. The number of hydrogen-bond acceptors (Lipinski definition) is 3. The zero-order chi connectivity index (χ0) is 18.0. The second kappa shape index (κ2) is 6.94. The van der Waals surface area contributed by atoms with Gasteiger partial charge in [-0.25, -0.2) is 0 Å². The number of carbonyl (C=O) groups is 1. The SMILES string of the molecule is CC#Cc1cc(C)c(C2=C(O)C(Cc3ccccn3)CC2=O)c(C)c1. The summed E-state index contributed by atoms with van der Waals surface area (Å²) >= 11 is 0. The Morgan fingerprint density at radius 1 is 1.24 bits per heavy atom. The fourth-order valence-electron chi connectivity index (χ4n) is 3.55. The molecule has 1 atom stereocenters. The van der Waals surface area contributed by atoms with Crippen LogP contribution in [0.3, 0.4) is 0 Å². The maximum atomic E-state index is 12.6. The second-order valence-electron chi connectivity index (χ2n) is 6.47. The fourth-order valence-corrected chi connectivity index (χ4v) is 3.55. The summed E-state index contributed by atoms with van der Waals surface area (Å²) in [5, 5.41) is 10.8. The van der Waals surface area contributed by atoms with Gasteiger partial charge < -0.3 is 5.11 Å². The van der Waals surface area contributed by atoms with Gasteiger partial charge in [-0.3, -0.25) is 9.78 Å². The predicted molar refractivity (Wildman–Crippen MR) is 99.1 cm³/mol. The van der Waals surface area contributed by atoms with Crippen LogP contribution >= 0.6 is 0 Å². The van der Waals surface area contributed by atoms with Crippen molar-refractivity contribution in [2.45, 2.75) is 33.6 Å². The standard InChI is InChI=1S/C22H21NO2/c1-4-7-16-10-14(2)20(15(3)11-16)21-19(24)13-17(22(21)25)12-18-8-5-6-9-23-18/h5-6,8-11,17,25H,12-13H2,1-3H3. The normalized spacial score (nSPS) is 16.8. The van der Waals surface area contributed by atoms with Gasteiger partial charge in [0.15, 0.2) is 5.78 Å². The minimum atomic E-state index is -0.202. The molecule has 0 aliphatic heterocycles. The molecule has 3 nitrogen and oxygen atoms in total. The molecule has 1 aromatic heterocycles. The van der Waals surface area contributed by atoms with Crippen LogP contribution in [-0.2, 0) is 11.2 Å². The minimum absolute atomic E-state index is 0.000966. The number of ketones is 1. The van der Waals surface area contributed by atoms with Crippen molar-refractivity contribution in [2.24, 2.45) is 5.92 Å². The summed E-state index contributed by atoms with van der Waals surface area (Å²) in [6, 6.07) is 9.64. The summed E-state index contributed by atoms with van der Waals surface area (Å²) < 4.78 is 0. The molecule has 3 rings (SSSR count). The minimum Gasteiger partial charge on any atom is -0.511 e. The molecule has 1 aromatic carbocycles. The van der Waals surface area contributed by atoms with Crippen molar-refractivity contribution in [1.82, 2.24) is 4.98 Å². The van der Waals surface area contributed by atoms with Crippen LogP contribution < -0.4 is 0 Å². The van der Waals surface area contributed by atoms with Crippen molar-refractivity contribution in [3.63, 3.8) is 0 Å². The van der Waals surface area contributed by atoms with Gasteiger partial charge in [-0.15, -0.1) is 5.92 Å². The number of hydrogen-bond donors (Lipinski definition) is 1. The van der Waals surface area contributed by atoms with Crippen LogP contribution in [0.1, 0.15) is 41.3 Å². The molecule has 0 saturated heterocycles. The number of carbonyl (C=O) groups excluding carboxylic acids is 1. The lowest BCUT2D eigenvalue weighted by Gasteiger charge is -2.12. The summed E-state index contributed by atoms with van der Waals surface area (Å²) in [6.07, 6.45) is 2.63. The molecule has 0 fully saturated rings. The molecule has 0 saturated carbocycles. The van der Waals surface area contributed by atoms with Gasteiger partial charge in [0.05, 0.1) is 5.57 Å². The smallest absolute Gasteiger partial charge is 0.167 e. The van der Waals surface area contributed by atoms with Gasteiger partial charge in [-0.05, 0) is 68.1 Å². The summed E-state index contributed by atoms with van der Waals surface area (Å²) in [5.74, 6) is 5.93. The predicted octanol–water partition coefficient (Wildman–Crippen LogP) is 4.17. The molecule has 2 aromatic rings. The molecule has 1 heterocycles. The average Bonchev–Trinajstić information content (AvgIpc) is 2.83. The van der Waals surface area contributed by atoms with Gasteiger partial charge in [-0.1, -0.05) is 12.0 Å². The molecule has 0 amide bonds. The van der Waals surface area contributed by atoms with Gasteiger partial charge in [0.2, 0.25) is 0 Å². The number of rotatable bonds is 3. The number of aromatic nitrogens is 1. The highest BCUT2D eigenvalue weighted by atomic mass is 16.3. The van der Waals surface area contributed by atoms with Gasteiger partial charge in [0.1, 0.15) is 5.76 Å². The Hall–Kier alpha value is -2.86. The highest BCUT2D eigenvalue weighted by molar-refractivity contribution is 6.24. The fraction of sp³-hybridized carbons (Fsp3) is 0.273. The lowest BCUT2D eigenvalue weighted by Crippen LogP contribution is -2.06. The van der Waals surface area contributed by atoms with E-state index in [1.165, 1.54) is 0 Å². The van der Waals surface area contributed by atoms with Crippen molar-refractivity contribution in [1.29, 1.82) is 0 Å². The third kappa shape index (κ3) is 3.34. The number of allylic oxidation sites excluding steroid dienone is 2. The maximum Gasteiger partial charge on any atom is 0.167 e. The third-order valence-electron chi connectivity index (χ3n) is 4.59. The molecule has 1 aliphatic carbocycles. The van der Waals surface area contributed by atoms with Crippen LogP contribution in [0.4, 0.5) is 0 Å². The zero-order valence-electron chi connectivity index (χ0n) is 14.8. The number of benzene rings is 1. The van der Waals surface area contributed by atoms with Crippen LogP contribution in [0.2, 0.25) is 0 Å². The van der Waals surface area contributed by atoms with E-state index in [1.54, 1.807) is 13.1 Å². The first-order chi connectivity index (χ1) is 12.0. The molecular formula is C22H21NO2. The van der Waals surface area contributed by atoms with Crippen LogP contribution in [0.25, 0.3) is 5.57 Å². The molecule has 0 bridgehead atoms. The summed E-state index contributed by atoms with van der Waals surface area (Å²) in [4.78, 5) is 16.9. The molecule has 0 radical (unpaired) electrons. The second-order valence-corrected chi connectivity index (χ2v) is 6.47. The Balaban J connectivity index is 2.00. The van der Waals surface area contributed by atoms with Crippen LogP contribution in [0.15, 0.2) is 42.3 Å². The molecule has 0 spiro atoms. The Labute approximate surface area is 148 Å². The first kappa shape index (κ1) is 17.0. The van der Waals surface area contributed by atoms with E-state index < -0.39 is 0 Å². The summed E-state index contributed by atoms with van der Waals surface area (Å²) in [6.45, 7) is 5.72. The van der Waals surface area contributed by atoms with E-state index in [1.807, 2.05) is 44.2 Å². The highest BCUT2D eigenvalue weighted by Gasteiger charge is 2.34. The average molecular weight is 331 g/mol. The largest absolute Gasteiger partial charge is 0.511 e. The monoisotopic (exact) mass is 331 g/mol. The number of nitrogens with zero attached hydrogens (tertiary/aromatic N) is 1.